The molecular formula is C13H14BrN3O2. The zero-order valence-electron chi connectivity index (χ0n) is 10.9. The number of methoxy groups -OCH3 is 1. The maximum absolute atomic E-state index is 11.6. The number of esters is 1. The second-order valence-electron chi connectivity index (χ2n) is 4.15. The number of benzene rings is 1. The summed E-state index contributed by atoms with van der Waals surface area (Å²) in [6.45, 7) is 3.78. The highest BCUT2D eigenvalue weighted by atomic mass is 79.9. The minimum absolute atomic E-state index is 0.139. The van der Waals surface area contributed by atoms with Crippen LogP contribution in [0.15, 0.2) is 22.7 Å². The van der Waals surface area contributed by atoms with E-state index in [2.05, 4.69) is 25.7 Å². The van der Waals surface area contributed by atoms with Crippen LogP contribution in [-0.2, 0) is 4.74 Å². The monoisotopic (exact) mass is 323 g/mol. The molecule has 0 aliphatic heterocycles. The van der Waals surface area contributed by atoms with Crippen LogP contribution >= 0.6 is 15.9 Å². The SMILES string of the molecule is COC(=O)c1nc(C)n(-c2ccc(Br)c(C)c2)c1N. The van der Waals surface area contributed by atoms with Crippen molar-refractivity contribution < 1.29 is 9.53 Å². The number of nitrogens with two attached hydrogens (primary N) is 1. The molecular weight excluding hydrogens is 310 g/mol. The van der Waals surface area contributed by atoms with Crippen molar-refractivity contribution in [2.45, 2.75) is 13.8 Å². The van der Waals surface area contributed by atoms with Crippen molar-refractivity contribution in [3.8, 4) is 5.69 Å². The average Bonchev–Trinajstić information content (AvgIpc) is 2.68. The van der Waals surface area contributed by atoms with E-state index in [1.807, 2.05) is 25.1 Å². The van der Waals surface area contributed by atoms with Gasteiger partial charge in [-0.25, -0.2) is 9.78 Å². The molecule has 0 saturated carbocycles. The van der Waals surface area contributed by atoms with E-state index >= 15 is 0 Å². The smallest absolute Gasteiger partial charge is 0.360 e. The van der Waals surface area contributed by atoms with Gasteiger partial charge in [0, 0.05) is 10.2 Å². The molecule has 0 amide bonds. The molecule has 2 aromatic rings. The lowest BCUT2D eigenvalue weighted by atomic mass is 10.2. The van der Waals surface area contributed by atoms with Crippen LogP contribution in [0.25, 0.3) is 5.69 Å². The maximum Gasteiger partial charge on any atom is 0.360 e. The molecule has 0 unspecified atom stereocenters. The molecule has 2 N–H and O–H groups in total. The second kappa shape index (κ2) is 5.05. The highest BCUT2D eigenvalue weighted by molar-refractivity contribution is 9.10. The second-order valence-corrected chi connectivity index (χ2v) is 5.01. The zero-order chi connectivity index (χ0) is 14.2. The Kier molecular flexibility index (Phi) is 3.61. The van der Waals surface area contributed by atoms with Gasteiger partial charge >= 0.3 is 5.97 Å². The van der Waals surface area contributed by atoms with Gasteiger partial charge in [-0.15, -0.1) is 0 Å². The molecule has 0 fully saturated rings. The lowest BCUT2D eigenvalue weighted by Crippen LogP contribution is -2.07. The fraction of sp³-hybridized carbons (Fsp3) is 0.231. The summed E-state index contributed by atoms with van der Waals surface area (Å²) in [4.78, 5) is 15.7. The molecule has 0 atom stereocenters. The van der Waals surface area contributed by atoms with Crippen molar-refractivity contribution in [1.29, 1.82) is 0 Å². The van der Waals surface area contributed by atoms with Gasteiger partial charge in [0.25, 0.3) is 0 Å². The van der Waals surface area contributed by atoms with Gasteiger partial charge in [-0.2, -0.15) is 0 Å². The summed E-state index contributed by atoms with van der Waals surface area (Å²) in [5.41, 5.74) is 8.06. The van der Waals surface area contributed by atoms with E-state index < -0.39 is 5.97 Å². The molecule has 0 aliphatic rings. The van der Waals surface area contributed by atoms with E-state index in [9.17, 15) is 4.79 Å². The number of carbonyl (C=O) groups is 1. The van der Waals surface area contributed by atoms with Gasteiger partial charge in [0.2, 0.25) is 0 Å². The summed E-state index contributed by atoms with van der Waals surface area (Å²) in [5.74, 6) is 0.388. The summed E-state index contributed by atoms with van der Waals surface area (Å²) < 4.78 is 7.40. The van der Waals surface area contributed by atoms with Crippen molar-refractivity contribution in [3.63, 3.8) is 0 Å². The third-order valence-corrected chi connectivity index (χ3v) is 3.75. The Morgan fingerprint density at radius 2 is 2.11 bits per heavy atom. The summed E-state index contributed by atoms with van der Waals surface area (Å²) in [5, 5.41) is 0. The first kappa shape index (κ1) is 13.6. The van der Waals surface area contributed by atoms with Crippen LogP contribution in [-0.4, -0.2) is 22.6 Å². The van der Waals surface area contributed by atoms with Gasteiger partial charge in [-0.1, -0.05) is 15.9 Å². The van der Waals surface area contributed by atoms with Gasteiger partial charge in [-0.05, 0) is 37.6 Å². The number of nitrogen functional groups attached to an aromatic ring is 1. The number of carbonyl (C=O) groups excluding carboxylic acids is 1. The van der Waals surface area contributed by atoms with E-state index in [1.165, 1.54) is 7.11 Å². The molecule has 100 valence electrons. The highest BCUT2D eigenvalue weighted by Gasteiger charge is 2.20. The summed E-state index contributed by atoms with van der Waals surface area (Å²) in [6, 6.07) is 5.81. The van der Waals surface area contributed by atoms with Crippen LogP contribution in [0.5, 0.6) is 0 Å². The van der Waals surface area contributed by atoms with Gasteiger partial charge in [0.05, 0.1) is 7.11 Å². The number of anilines is 1. The first-order valence-corrected chi connectivity index (χ1v) is 6.44. The Hall–Kier alpha value is -1.82. The summed E-state index contributed by atoms with van der Waals surface area (Å²) >= 11 is 3.45. The molecule has 2 rings (SSSR count). The third-order valence-electron chi connectivity index (χ3n) is 2.86. The first-order valence-electron chi connectivity index (χ1n) is 5.65. The van der Waals surface area contributed by atoms with Crippen LogP contribution in [0.1, 0.15) is 21.9 Å². The number of aromatic nitrogens is 2. The topological polar surface area (TPSA) is 70.1 Å². The quantitative estimate of drug-likeness (QED) is 0.862. The molecule has 0 radical (unpaired) electrons. The van der Waals surface area contributed by atoms with Crippen LogP contribution in [0.3, 0.4) is 0 Å². The minimum Gasteiger partial charge on any atom is -0.464 e. The molecule has 0 spiro atoms. The number of halogens is 1. The predicted octanol–water partition coefficient (Wildman–Crippen LogP) is 2.62. The molecule has 6 heteroatoms. The van der Waals surface area contributed by atoms with E-state index in [0.29, 0.717) is 5.82 Å². The molecule has 5 nitrogen and oxygen atoms in total. The van der Waals surface area contributed by atoms with Crippen molar-refractivity contribution in [2.75, 3.05) is 12.8 Å². The van der Waals surface area contributed by atoms with E-state index in [1.54, 1.807) is 11.5 Å². The van der Waals surface area contributed by atoms with Gasteiger partial charge in [0.15, 0.2) is 5.69 Å². The highest BCUT2D eigenvalue weighted by Crippen LogP contribution is 2.24. The van der Waals surface area contributed by atoms with Crippen LogP contribution in [0.4, 0.5) is 5.82 Å². The van der Waals surface area contributed by atoms with Gasteiger partial charge < -0.3 is 10.5 Å². The fourth-order valence-corrected chi connectivity index (χ4v) is 2.14. The Morgan fingerprint density at radius 3 is 2.68 bits per heavy atom. The van der Waals surface area contributed by atoms with E-state index in [0.717, 1.165) is 15.7 Å². The first-order chi connectivity index (χ1) is 8.95. The van der Waals surface area contributed by atoms with Crippen molar-refractivity contribution in [2.24, 2.45) is 0 Å². The third kappa shape index (κ3) is 2.35. The lowest BCUT2D eigenvalue weighted by Gasteiger charge is -2.09. The van der Waals surface area contributed by atoms with Gasteiger partial charge in [-0.3, -0.25) is 4.57 Å². The van der Waals surface area contributed by atoms with Crippen LogP contribution in [0, 0.1) is 13.8 Å². The number of nitrogens with zero attached hydrogens (tertiary/aromatic N) is 2. The minimum atomic E-state index is -0.534. The Labute approximate surface area is 119 Å². The number of ether oxygens (including phenoxy) is 1. The Bertz CT molecular complexity index is 650. The Balaban J connectivity index is 2.59. The number of hydrogen-bond donors (Lipinski definition) is 1. The molecule has 0 saturated heterocycles. The average molecular weight is 324 g/mol. The number of hydrogen-bond acceptors (Lipinski definition) is 4. The standard InChI is InChI=1S/C13H14BrN3O2/c1-7-6-9(4-5-10(7)14)17-8(2)16-11(12(17)15)13(18)19-3/h4-6H,15H2,1-3H3. The molecule has 19 heavy (non-hydrogen) atoms. The number of imidazole rings is 1. The number of rotatable bonds is 2. The summed E-state index contributed by atoms with van der Waals surface area (Å²) in [6.07, 6.45) is 0. The van der Waals surface area contributed by atoms with Crippen LogP contribution < -0.4 is 5.73 Å². The maximum atomic E-state index is 11.6. The molecule has 0 bridgehead atoms. The molecule has 1 aromatic heterocycles. The zero-order valence-corrected chi connectivity index (χ0v) is 12.5. The van der Waals surface area contributed by atoms with Gasteiger partial charge in [0.1, 0.15) is 11.6 Å². The molecule has 0 aliphatic carbocycles. The lowest BCUT2D eigenvalue weighted by molar-refractivity contribution is 0.0596. The van der Waals surface area contributed by atoms with E-state index in [-0.39, 0.29) is 11.5 Å². The normalized spacial score (nSPS) is 10.5. The largest absolute Gasteiger partial charge is 0.464 e. The van der Waals surface area contributed by atoms with Crippen LogP contribution in [0.2, 0.25) is 0 Å². The number of aryl methyl sites for hydroxylation is 2. The summed E-state index contributed by atoms with van der Waals surface area (Å²) in [7, 11) is 1.31. The predicted molar refractivity (Wildman–Crippen MR) is 76.5 cm³/mol. The molecule has 1 heterocycles. The fourth-order valence-electron chi connectivity index (χ4n) is 1.89. The van der Waals surface area contributed by atoms with Crippen molar-refractivity contribution >= 4 is 27.7 Å². The van der Waals surface area contributed by atoms with Crippen molar-refractivity contribution in [1.82, 2.24) is 9.55 Å². The van der Waals surface area contributed by atoms with Crippen molar-refractivity contribution in [3.05, 3.63) is 39.8 Å². The molecule has 1 aromatic carbocycles. The van der Waals surface area contributed by atoms with E-state index in [4.69, 9.17) is 5.73 Å². The Morgan fingerprint density at radius 1 is 1.42 bits per heavy atom.